The number of carbonyl (C=O) groups excluding carboxylic acids is 1. The van der Waals surface area contributed by atoms with Crippen LogP contribution in [-0.2, 0) is 12.6 Å². The van der Waals surface area contributed by atoms with Gasteiger partial charge in [0, 0.05) is 29.6 Å². The fraction of sp³-hybridized carbons (Fsp3) is 0.190. The average molecular weight is 419 g/mol. The van der Waals surface area contributed by atoms with Crippen LogP contribution in [0.4, 0.5) is 22.0 Å². The van der Waals surface area contributed by atoms with E-state index in [1.165, 1.54) is 6.07 Å². The number of alkyl halides is 3. The lowest BCUT2D eigenvalue weighted by Crippen LogP contribution is -2.27. The molecule has 1 aliphatic carbocycles. The van der Waals surface area contributed by atoms with E-state index in [1.807, 2.05) is 0 Å². The van der Waals surface area contributed by atoms with E-state index < -0.39 is 35.5 Å². The molecule has 0 spiro atoms. The summed E-state index contributed by atoms with van der Waals surface area (Å²) in [4.78, 5) is 20.0. The molecule has 30 heavy (non-hydrogen) atoms. The highest BCUT2D eigenvalue weighted by atomic mass is 19.4. The first-order valence-corrected chi connectivity index (χ1v) is 9.00. The number of hydrogen-bond acceptors (Lipinski definition) is 3. The highest BCUT2D eigenvalue weighted by Gasteiger charge is 2.33. The maximum Gasteiger partial charge on any atom is 0.433 e. The van der Waals surface area contributed by atoms with E-state index in [1.54, 1.807) is 12.3 Å². The molecule has 1 N–H and O–H groups in total. The molecule has 1 unspecified atom stereocenters. The number of carbonyl (C=O) groups is 1. The SMILES string of the molecule is O=C(NC1CCc2cnc(-c3ccnc(C(F)(F)F)c3)cc21)c1cc(F)cc(F)c1. The largest absolute Gasteiger partial charge is 0.433 e. The van der Waals surface area contributed by atoms with Gasteiger partial charge in [-0.2, -0.15) is 13.2 Å². The monoisotopic (exact) mass is 419 g/mol. The molecule has 1 amide bonds. The molecule has 2 aromatic heterocycles. The molecule has 1 aliphatic rings. The summed E-state index contributed by atoms with van der Waals surface area (Å²) in [5.74, 6) is -2.37. The normalized spacial score (nSPS) is 15.7. The van der Waals surface area contributed by atoms with E-state index in [9.17, 15) is 26.7 Å². The van der Waals surface area contributed by atoms with Crippen LogP contribution in [-0.4, -0.2) is 15.9 Å². The van der Waals surface area contributed by atoms with Crippen molar-refractivity contribution in [3.05, 3.63) is 82.8 Å². The van der Waals surface area contributed by atoms with Gasteiger partial charge in [-0.05, 0) is 54.3 Å². The molecule has 0 saturated carbocycles. The second kappa shape index (κ2) is 7.47. The van der Waals surface area contributed by atoms with Crippen molar-refractivity contribution >= 4 is 5.91 Å². The Morgan fingerprint density at radius 2 is 1.77 bits per heavy atom. The Morgan fingerprint density at radius 1 is 1.03 bits per heavy atom. The minimum absolute atomic E-state index is 0.154. The topological polar surface area (TPSA) is 54.9 Å². The molecule has 1 atom stereocenters. The van der Waals surface area contributed by atoms with E-state index in [4.69, 9.17) is 0 Å². The van der Waals surface area contributed by atoms with Crippen LogP contribution in [0.2, 0.25) is 0 Å². The van der Waals surface area contributed by atoms with Crippen molar-refractivity contribution < 1.29 is 26.7 Å². The zero-order valence-electron chi connectivity index (χ0n) is 15.3. The summed E-state index contributed by atoms with van der Waals surface area (Å²) in [7, 11) is 0. The van der Waals surface area contributed by atoms with Crippen LogP contribution < -0.4 is 5.32 Å². The van der Waals surface area contributed by atoms with Crippen LogP contribution in [0.1, 0.15) is 39.6 Å². The number of amides is 1. The highest BCUT2D eigenvalue weighted by Crippen LogP contribution is 2.35. The number of rotatable bonds is 3. The molecule has 0 aliphatic heterocycles. The Hall–Kier alpha value is -3.36. The summed E-state index contributed by atoms with van der Waals surface area (Å²) in [6, 6.07) is 6.03. The molecule has 0 saturated heterocycles. The third-order valence-corrected chi connectivity index (χ3v) is 4.88. The van der Waals surface area contributed by atoms with Gasteiger partial charge in [-0.25, -0.2) is 8.78 Å². The van der Waals surface area contributed by atoms with E-state index in [0.29, 0.717) is 30.2 Å². The average Bonchev–Trinajstić information content (AvgIpc) is 3.08. The first kappa shape index (κ1) is 19.9. The summed E-state index contributed by atoms with van der Waals surface area (Å²) in [6.45, 7) is 0. The van der Waals surface area contributed by atoms with Crippen LogP contribution in [0.25, 0.3) is 11.3 Å². The van der Waals surface area contributed by atoms with Crippen LogP contribution in [0.15, 0.2) is 48.8 Å². The lowest BCUT2D eigenvalue weighted by atomic mass is 10.0. The number of fused-ring (bicyclic) bond motifs is 1. The third kappa shape index (κ3) is 4.00. The van der Waals surface area contributed by atoms with Crippen molar-refractivity contribution in [3.8, 4) is 11.3 Å². The van der Waals surface area contributed by atoms with Gasteiger partial charge in [-0.1, -0.05) is 0 Å². The number of benzene rings is 1. The molecule has 1 aromatic carbocycles. The van der Waals surface area contributed by atoms with Gasteiger partial charge in [0.1, 0.15) is 17.3 Å². The third-order valence-electron chi connectivity index (χ3n) is 4.88. The van der Waals surface area contributed by atoms with Crippen LogP contribution in [0, 0.1) is 11.6 Å². The van der Waals surface area contributed by atoms with Crippen LogP contribution >= 0.6 is 0 Å². The molecule has 154 valence electrons. The summed E-state index contributed by atoms with van der Waals surface area (Å²) < 4.78 is 65.6. The zero-order valence-corrected chi connectivity index (χ0v) is 15.3. The van der Waals surface area contributed by atoms with E-state index in [0.717, 1.165) is 30.0 Å². The highest BCUT2D eigenvalue weighted by molar-refractivity contribution is 5.94. The number of halogens is 5. The first-order valence-electron chi connectivity index (χ1n) is 9.00. The number of hydrogen-bond donors (Lipinski definition) is 1. The lowest BCUT2D eigenvalue weighted by Gasteiger charge is -2.15. The van der Waals surface area contributed by atoms with Gasteiger partial charge < -0.3 is 5.32 Å². The fourth-order valence-electron chi connectivity index (χ4n) is 3.47. The second-order valence-electron chi connectivity index (χ2n) is 6.92. The Bertz CT molecular complexity index is 1110. The molecule has 2 heterocycles. The predicted molar refractivity (Wildman–Crippen MR) is 97.4 cm³/mol. The van der Waals surface area contributed by atoms with E-state index >= 15 is 0 Å². The lowest BCUT2D eigenvalue weighted by molar-refractivity contribution is -0.141. The molecule has 9 heteroatoms. The fourth-order valence-corrected chi connectivity index (χ4v) is 3.47. The van der Waals surface area contributed by atoms with E-state index in [-0.39, 0.29) is 11.1 Å². The predicted octanol–water partition coefficient (Wildman–Crippen LogP) is 4.86. The van der Waals surface area contributed by atoms with Gasteiger partial charge in [0.25, 0.3) is 5.91 Å². The van der Waals surface area contributed by atoms with Crippen molar-refractivity contribution in [1.82, 2.24) is 15.3 Å². The summed E-state index contributed by atoms with van der Waals surface area (Å²) in [5, 5.41) is 2.73. The van der Waals surface area contributed by atoms with Crippen molar-refractivity contribution in [2.24, 2.45) is 0 Å². The molecule has 4 nitrogen and oxygen atoms in total. The van der Waals surface area contributed by atoms with Gasteiger partial charge in [-0.3, -0.25) is 14.8 Å². The first-order chi connectivity index (χ1) is 14.2. The summed E-state index contributed by atoms with van der Waals surface area (Å²) >= 11 is 0. The molecule has 4 rings (SSSR count). The van der Waals surface area contributed by atoms with Gasteiger partial charge in [0.2, 0.25) is 0 Å². The van der Waals surface area contributed by atoms with Crippen LogP contribution in [0.3, 0.4) is 0 Å². The number of nitrogens with zero attached hydrogens (tertiary/aromatic N) is 2. The minimum Gasteiger partial charge on any atom is -0.345 e. The van der Waals surface area contributed by atoms with E-state index in [2.05, 4.69) is 15.3 Å². The quantitative estimate of drug-likeness (QED) is 0.617. The molecule has 0 radical (unpaired) electrons. The van der Waals surface area contributed by atoms with Crippen molar-refractivity contribution in [2.75, 3.05) is 0 Å². The molecule has 0 bridgehead atoms. The molecular formula is C21H14F5N3O. The molecular weight excluding hydrogens is 405 g/mol. The van der Waals surface area contributed by atoms with Gasteiger partial charge >= 0.3 is 6.18 Å². The van der Waals surface area contributed by atoms with Gasteiger partial charge in [0.15, 0.2) is 0 Å². The summed E-state index contributed by atoms with van der Waals surface area (Å²) in [5.41, 5.74) is 0.915. The van der Waals surface area contributed by atoms with Crippen molar-refractivity contribution in [1.29, 1.82) is 0 Å². The Balaban J connectivity index is 1.61. The van der Waals surface area contributed by atoms with Gasteiger partial charge in [-0.15, -0.1) is 0 Å². The Labute approximate surface area is 167 Å². The number of aryl methyl sites for hydroxylation is 1. The maximum absolute atomic E-state index is 13.4. The standard InChI is InChI=1S/C21H14F5N3O/c22-14-5-13(6-15(23)8-14)20(30)29-17-2-1-12-10-28-18(9-16(12)17)11-3-4-27-19(7-11)21(24,25)26/h3-10,17H,1-2H2,(H,29,30). The Morgan fingerprint density at radius 3 is 2.47 bits per heavy atom. The number of nitrogens with one attached hydrogen (secondary N) is 1. The maximum atomic E-state index is 13.4. The smallest absolute Gasteiger partial charge is 0.345 e. The van der Waals surface area contributed by atoms with Crippen LogP contribution in [0.5, 0.6) is 0 Å². The minimum atomic E-state index is -4.58. The molecule has 3 aromatic rings. The number of aromatic nitrogens is 2. The number of pyridine rings is 2. The van der Waals surface area contributed by atoms with Crippen molar-refractivity contribution in [3.63, 3.8) is 0 Å². The Kier molecular flexibility index (Phi) is 4.97. The zero-order chi connectivity index (χ0) is 21.5. The van der Waals surface area contributed by atoms with Crippen molar-refractivity contribution in [2.45, 2.75) is 25.1 Å². The summed E-state index contributed by atoms with van der Waals surface area (Å²) in [6.07, 6.45) is -0.815. The molecule has 0 fully saturated rings. The second-order valence-corrected chi connectivity index (χ2v) is 6.92. The van der Waals surface area contributed by atoms with Gasteiger partial charge in [0.05, 0.1) is 11.7 Å².